The molecule has 8 heteroatoms. The number of nitrogens with zero attached hydrogens (tertiary/aromatic N) is 1. The van der Waals surface area contributed by atoms with Gasteiger partial charge in [0.25, 0.3) is 5.91 Å². The fourth-order valence-corrected chi connectivity index (χ4v) is 3.73. The van der Waals surface area contributed by atoms with Gasteiger partial charge in [-0.25, -0.2) is 10.2 Å². The van der Waals surface area contributed by atoms with Crippen molar-refractivity contribution in [2.75, 3.05) is 0 Å². The van der Waals surface area contributed by atoms with Gasteiger partial charge in [0, 0.05) is 12.6 Å². The van der Waals surface area contributed by atoms with Crippen LogP contribution < -0.4 is 15.6 Å². The molecular weight excluding hydrogens is 482 g/mol. The molecule has 1 atom stereocenters. The van der Waals surface area contributed by atoms with Gasteiger partial charge in [0.05, 0.1) is 0 Å². The molecule has 3 aromatic carbocycles. The van der Waals surface area contributed by atoms with Crippen LogP contribution in [0.1, 0.15) is 34.1 Å². The summed E-state index contributed by atoms with van der Waals surface area (Å²) >= 11 is 0. The highest BCUT2D eigenvalue weighted by molar-refractivity contribution is 5.92. The zero-order chi connectivity index (χ0) is 26.8. The number of hydrazine groups is 1. The van der Waals surface area contributed by atoms with E-state index >= 15 is 0 Å². The molecule has 38 heavy (non-hydrogen) atoms. The van der Waals surface area contributed by atoms with Crippen LogP contribution in [0, 0.1) is 0 Å². The van der Waals surface area contributed by atoms with Crippen LogP contribution in [0.3, 0.4) is 0 Å². The fourth-order valence-electron chi connectivity index (χ4n) is 3.73. The Hall–Kier alpha value is -4.69. The zero-order valence-electron chi connectivity index (χ0n) is 21.0. The van der Waals surface area contributed by atoms with Gasteiger partial charge in [0.2, 0.25) is 0 Å². The van der Waals surface area contributed by atoms with Crippen molar-refractivity contribution in [3.8, 4) is 11.5 Å². The molecule has 1 aromatic heterocycles. The molecule has 0 aliphatic heterocycles. The highest BCUT2D eigenvalue weighted by Crippen LogP contribution is 2.29. The lowest BCUT2D eigenvalue weighted by atomic mass is 9.93. The minimum atomic E-state index is -1.35. The van der Waals surface area contributed by atoms with Gasteiger partial charge >= 0.3 is 5.97 Å². The van der Waals surface area contributed by atoms with Gasteiger partial charge in [-0.3, -0.25) is 15.2 Å². The molecule has 3 N–H and O–H groups in total. The van der Waals surface area contributed by atoms with Crippen LogP contribution in [0.5, 0.6) is 11.5 Å². The second kappa shape index (κ2) is 12.5. The SMILES string of the molecule is C[C@@](Cc1ccc(O)c(OCc2ccccc2)c1)(NNC(=O)c1ccccn1)C(=O)OCc1ccccc1. The Kier molecular flexibility index (Phi) is 8.69. The maximum atomic E-state index is 13.3. The largest absolute Gasteiger partial charge is 0.504 e. The van der Waals surface area contributed by atoms with E-state index in [-0.39, 0.29) is 36.8 Å². The zero-order valence-corrected chi connectivity index (χ0v) is 21.0. The van der Waals surface area contributed by atoms with Crippen molar-refractivity contribution in [2.24, 2.45) is 0 Å². The van der Waals surface area contributed by atoms with Crippen LogP contribution in [-0.2, 0) is 29.2 Å². The third-order valence-corrected chi connectivity index (χ3v) is 5.83. The number of phenols is 1. The van der Waals surface area contributed by atoms with Crippen molar-refractivity contribution in [2.45, 2.75) is 32.1 Å². The molecule has 0 unspecified atom stereocenters. The molecule has 1 heterocycles. The van der Waals surface area contributed by atoms with Gasteiger partial charge in [0.1, 0.15) is 24.4 Å². The molecule has 0 fully saturated rings. The second-order valence-electron chi connectivity index (χ2n) is 8.94. The van der Waals surface area contributed by atoms with E-state index in [4.69, 9.17) is 9.47 Å². The van der Waals surface area contributed by atoms with Gasteiger partial charge in [-0.05, 0) is 47.9 Å². The molecule has 0 saturated heterocycles. The second-order valence-corrected chi connectivity index (χ2v) is 8.94. The summed E-state index contributed by atoms with van der Waals surface area (Å²) in [5, 5.41) is 10.3. The number of carbonyl (C=O) groups excluding carboxylic acids is 2. The lowest BCUT2D eigenvalue weighted by Gasteiger charge is -2.29. The first-order valence-corrected chi connectivity index (χ1v) is 12.1. The van der Waals surface area contributed by atoms with E-state index < -0.39 is 17.4 Å². The maximum Gasteiger partial charge on any atom is 0.328 e. The number of ether oxygens (including phenoxy) is 2. The fraction of sp³-hybridized carbons (Fsp3) is 0.167. The first-order valence-electron chi connectivity index (χ1n) is 12.1. The molecule has 0 aliphatic carbocycles. The molecule has 0 aliphatic rings. The van der Waals surface area contributed by atoms with Crippen LogP contribution in [0.4, 0.5) is 0 Å². The van der Waals surface area contributed by atoms with Gasteiger partial charge in [-0.1, -0.05) is 72.8 Å². The van der Waals surface area contributed by atoms with E-state index in [0.717, 1.165) is 11.1 Å². The smallest absolute Gasteiger partial charge is 0.328 e. The average molecular weight is 512 g/mol. The van der Waals surface area contributed by atoms with Crippen LogP contribution >= 0.6 is 0 Å². The van der Waals surface area contributed by atoms with E-state index in [1.807, 2.05) is 60.7 Å². The molecule has 0 bridgehead atoms. The van der Waals surface area contributed by atoms with E-state index in [0.29, 0.717) is 5.56 Å². The summed E-state index contributed by atoms with van der Waals surface area (Å²) in [6, 6.07) is 28.8. The van der Waals surface area contributed by atoms with E-state index in [2.05, 4.69) is 15.8 Å². The van der Waals surface area contributed by atoms with Crippen LogP contribution in [-0.4, -0.2) is 27.5 Å². The van der Waals surface area contributed by atoms with Crippen LogP contribution in [0.15, 0.2) is 103 Å². The maximum absolute atomic E-state index is 13.3. The number of esters is 1. The summed E-state index contributed by atoms with van der Waals surface area (Å²) in [5.74, 6) is -0.800. The van der Waals surface area contributed by atoms with Crippen LogP contribution in [0.25, 0.3) is 0 Å². The molecule has 1 amide bonds. The number of carbonyl (C=O) groups is 2. The Morgan fingerprint density at radius 2 is 1.50 bits per heavy atom. The Morgan fingerprint density at radius 3 is 2.16 bits per heavy atom. The Morgan fingerprint density at radius 1 is 0.842 bits per heavy atom. The monoisotopic (exact) mass is 511 g/mol. The predicted octanol–water partition coefficient (Wildman–Crippen LogP) is 4.35. The quantitative estimate of drug-likeness (QED) is 0.203. The highest BCUT2D eigenvalue weighted by Gasteiger charge is 2.36. The lowest BCUT2D eigenvalue weighted by molar-refractivity contribution is -0.152. The van der Waals surface area contributed by atoms with Crippen molar-refractivity contribution >= 4 is 11.9 Å². The molecule has 4 aromatic rings. The van der Waals surface area contributed by atoms with E-state index in [9.17, 15) is 14.7 Å². The van der Waals surface area contributed by atoms with Gasteiger partial charge in [-0.2, -0.15) is 0 Å². The predicted molar refractivity (Wildman–Crippen MR) is 142 cm³/mol. The lowest BCUT2D eigenvalue weighted by Crippen LogP contribution is -2.59. The Bertz CT molecular complexity index is 1350. The van der Waals surface area contributed by atoms with Gasteiger partial charge in [0.15, 0.2) is 11.5 Å². The minimum absolute atomic E-state index is 0.0190. The molecule has 8 nitrogen and oxygen atoms in total. The molecule has 0 radical (unpaired) electrons. The summed E-state index contributed by atoms with van der Waals surface area (Å²) < 4.78 is 11.4. The number of aromatic nitrogens is 1. The standard InChI is InChI=1S/C30H29N3O5/c1-30(29(36)38-21-23-12-6-3-7-13-23,33-32-28(35)25-14-8-9-17-31-25)19-24-15-16-26(34)27(18-24)37-20-22-10-4-2-5-11-22/h2-18,33-34H,19-21H2,1H3,(H,32,35)/t30-/m0/s1. The normalized spacial score (nSPS) is 12.2. The third kappa shape index (κ3) is 7.18. The summed E-state index contributed by atoms with van der Waals surface area (Å²) in [7, 11) is 0. The number of hydrogen-bond donors (Lipinski definition) is 3. The number of amides is 1. The first-order chi connectivity index (χ1) is 18.4. The summed E-state index contributed by atoms with van der Waals surface area (Å²) in [5.41, 5.74) is 6.74. The molecule has 0 spiro atoms. The minimum Gasteiger partial charge on any atom is -0.504 e. The number of benzene rings is 3. The number of pyridine rings is 1. The van der Waals surface area contributed by atoms with Crippen molar-refractivity contribution in [3.63, 3.8) is 0 Å². The molecule has 4 rings (SSSR count). The third-order valence-electron chi connectivity index (χ3n) is 5.83. The first kappa shape index (κ1) is 26.4. The Labute approximate surface area is 221 Å². The van der Waals surface area contributed by atoms with E-state index in [1.54, 1.807) is 37.3 Å². The number of hydrogen-bond acceptors (Lipinski definition) is 7. The van der Waals surface area contributed by atoms with Gasteiger partial charge < -0.3 is 14.6 Å². The topological polar surface area (TPSA) is 110 Å². The Balaban J connectivity index is 1.51. The molecule has 0 saturated carbocycles. The molecule has 194 valence electrons. The van der Waals surface area contributed by atoms with Crippen LogP contribution in [0.2, 0.25) is 0 Å². The number of nitrogens with one attached hydrogen (secondary N) is 2. The summed E-state index contributed by atoms with van der Waals surface area (Å²) in [6.07, 6.45) is 1.64. The highest BCUT2D eigenvalue weighted by atomic mass is 16.5. The van der Waals surface area contributed by atoms with Crippen molar-refractivity contribution in [1.29, 1.82) is 0 Å². The van der Waals surface area contributed by atoms with Gasteiger partial charge in [-0.15, -0.1) is 0 Å². The number of rotatable bonds is 11. The number of phenolic OH excluding ortho intramolecular Hbond substituents is 1. The summed E-state index contributed by atoms with van der Waals surface area (Å²) in [6.45, 7) is 1.98. The van der Waals surface area contributed by atoms with E-state index in [1.165, 1.54) is 12.3 Å². The molecular formula is C30H29N3O5. The number of aromatic hydroxyl groups is 1. The van der Waals surface area contributed by atoms with Crippen molar-refractivity contribution in [3.05, 3.63) is 126 Å². The average Bonchev–Trinajstić information content (AvgIpc) is 2.96. The van der Waals surface area contributed by atoms with Crippen molar-refractivity contribution in [1.82, 2.24) is 15.8 Å². The summed E-state index contributed by atoms with van der Waals surface area (Å²) in [4.78, 5) is 30.0. The van der Waals surface area contributed by atoms with Crippen molar-refractivity contribution < 1.29 is 24.2 Å².